The Hall–Kier alpha value is -1.44. The molecular formula is C14H22N2O4S. The summed E-state index contributed by atoms with van der Waals surface area (Å²) >= 11 is 0. The lowest BCUT2D eigenvalue weighted by Crippen LogP contribution is -2.39. The minimum absolute atomic E-state index is 0.0616. The Bertz CT molecular complexity index is 569. The third-order valence-corrected chi connectivity index (χ3v) is 5.34. The summed E-state index contributed by atoms with van der Waals surface area (Å²) in [4.78, 5) is 11.0. The number of amides is 1. The van der Waals surface area contributed by atoms with E-state index in [2.05, 4.69) is 4.72 Å². The van der Waals surface area contributed by atoms with Crippen LogP contribution in [0.1, 0.15) is 37.0 Å². The van der Waals surface area contributed by atoms with Crippen molar-refractivity contribution in [3.8, 4) is 0 Å². The molecule has 0 unspecified atom stereocenters. The quantitative estimate of drug-likeness (QED) is 0.661. The van der Waals surface area contributed by atoms with Crippen LogP contribution in [0.4, 0.5) is 0 Å². The van der Waals surface area contributed by atoms with E-state index in [1.165, 1.54) is 24.3 Å². The number of carbonyl (C=O) groups is 1. The fraction of sp³-hybridized carbons (Fsp3) is 0.500. The van der Waals surface area contributed by atoms with Crippen LogP contribution in [0.25, 0.3) is 0 Å². The van der Waals surface area contributed by atoms with Gasteiger partial charge in [-0.3, -0.25) is 4.79 Å². The van der Waals surface area contributed by atoms with E-state index in [0.29, 0.717) is 12.8 Å². The molecule has 0 atom stereocenters. The molecule has 1 aromatic rings. The number of primary amides is 1. The van der Waals surface area contributed by atoms with Gasteiger partial charge in [-0.2, -0.15) is 0 Å². The molecular weight excluding hydrogens is 292 g/mol. The van der Waals surface area contributed by atoms with Crippen LogP contribution in [0.5, 0.6) is 0 Å². The molecule has 0 heterocycles. The maximum absolute atomic E-state index is 12.2. The van der Waals surface area contributed by atoms with Gasteiger partial charge in [0, 0.05) is 24.1 Å². The SMILES string of the molecule is CCC(CC)(CO)CNS(=O)(=O)c1ccc(C(N)=O)cc1. The van der Waals surface area contributed by atoms with Gasteiger partial charge in [-0.05, 0) is 37.1 Å². The van der Waals surface area contributed by atoms with Crippen molar-refractivity contribution in [3.63, 3.8) is 0 Å². The first-order valence-electron chi connectivity index (χ1n) is 6.80. The Labute approximate surface area is 125 Å². The average Bonchev–Trinajstić information content (AvgIpc) is 2.49. The number of hydrogen-bond acceptors (Lipinski definition) is 4. The Balaban J connectivity index is 2.89. The number of sulfonamides is 1. The Morgan fingerprint density at radius 3 is 2.14 bits per heavy atom. The fourth-order valence-electron chi connectivity index (χ4n) is 1.91. The third kappa shape index (κ3) is 4.26. The number of aliphatic hydroxyl groups excluding tert-OH is 1. The van der Waals surface area contributed by atoms with Crippen molar-refractivity contribution in [2.45, 2.75) is 31.6 Å². The first-order chi connectivity index (χ1) is 9.80. The van der Waals surface area contributed by atoms with Crippen LogP contribution in [-0.2, 0) is 10.0 Å². The number of benzene rings is 1. The molecule has 0 aliphatic heterocycles. The van der Waals surface area contributed by atoms with Crippen LogP contribution >= 0.6 is 0 Å². The third-order valence-electron chi connectivity index (χ3n) is 3.92. The maximum Gasteiger partial charge on any atom is 0.248 e. The number of rotatable bonds is 8. The van der Waals surface area contributed by atoms with Crippen LogP contribution in [0.15, 0.2) is 29.2 Å². The lowest BCUT2D eigenvalue weighted by atomic mass is 9.84. The standard InChI is InChI=1S/C14H22N2O4S/c1-3-14(4-2,10-17)9-16-21(19,20)12-7-5-11(6-8-12)13(15)18/h5-8,16-17H,3-4,9-10H2,1-2H3,(H2,15,18). The van der Waals surface area contributed by atoms with Crippen molar-refractivity contribution in [1.29, 1.82) is 0 Å². The number of nitrogens with one attached hydrogen (secondary N) is 1. The topological polar surface area (TPSA) is 109 Å². The molecule has 0 aliphatic carbocycles. The molecule has 21 heavy (non-hydrogen) atoms. The Kier molecular flexibility index (Phi) is 5.88. The highest BCUT2D eigenvalue weighted by molar-refractivity contribution is 7.89. The molecule has 1 rings (SSSR count). The van der Waals surface area contributed by atoms with E-state index in [1.54, 1.807) is 0 Å². The summed E-state index contributed by atoms with van der Waals surface area (Å²) in [6, 6.07) is 5.41. The van der Waals surface area contributed by atoms with E-state index in [4.69, 9.17) is 5.73 Å². The van der Waals surface area contributed by atoms with E-state index in [1.807, 2.05) is 13.8 Å². The molecule has 0 fully saturated rings. The van der Waals surface area contributed by atoms with E-state index in [9.17, 15) is 18.3 Å². The van der Waals surface area contributed by atoms with E-state index >= 15 is 0 Å². The molecule has 1 aromatic carbocycles. The number of hydrogen-bond donors (Lipinski definition) is 3. The summed E-state index contributed by atoms with van der Waals surface area (Å²) in [7, 11) is -3.68. The normalized spacial score (nSPS) is 12.3. The average molecular weight is 314 g/mol. The molecule has 0 saturated carbocycles. The Morgan fingerprint density at radius 1 is 1.24 bits per heavy atom. The second kappa shape index (κ2) is 7.02. The molecule has 0 aromatic heterocycles. The van der Waals surface area contributed by atoms with Crippen LogP contribution in [0.3, 0.4) is 0 Å². The maximum atomic E-state index is 12.2. The molecule has 4 N–H and O–H groups in total. The van der Waals surface area contributed by atoms with Crippen LogP contribution in [0.2, 0.25) is 0 Å². The summed E-state index contributed by atoms with van der Waals surface area (Å²) in [5.41, 5.74) is 4.90. The first kappa shape index (κ1) is 17.6. The molecule has 7 heteroatoms. The van der Waals surface area contributed by atoms with E-state index in [0.717, 1.165) is 0 Å². The lowest BCUT2D eigenvalue weighted by Gasteiger charge is -2.29. The minimum atomic E-state index is -3.68. The fourth-order valence-corrected chi connectivity index (χ4v) is 3.07. The Morgan fingerprint density at radius 2 is 1.76 bits per heavy atom. The van der Waals surface area contributed by atoms with E-state index in [-0.39, 0.29) is 23.6 Å². The number of aliphatic hydroxyl groups is 1. The van der Waals surface area contributed by atoms with Crippen molar-refractivity contribution in [2.24, 2.45) is 11.1 Å². The predicted molar refractivity (Wildman–Crippen MR) is 80.2 cm³/mol. The van der Waals surface area contributed by atoms with Crippen molar-refractivity contribution >= 4 is 15.9 Å². The van der Waals surface area contributed by atoms with Gasteiger partial charge in [0.05, 0.1) is 4.90 Å². The lowest BCUT2D eigenvalue weighted by molar-refractivity contribution is 0.1000. The predicted octanol–water partition coefficient (Wildman–Crippen LogP) is 0.862. The van der Waals surface area contributed by atoms with Gasteiger partial charge in [-0.1, -0.05) is 13.8 Å². The summed E-state index contributed by atoms with van der Waals surface area (Å²) < 4.78 is 26.9. The molecule has 0 aliphatic rings. The summed E-state index contributed by atoms with van der Waals surface area (Å²) in [6.45, 7) is 3.91. The highest BCUT2D eigenvalue weighted by atomic mass is 32.2. The van der Waals surface area contributed by atoms with Gasteiger partial charge in [0.15, 0.2) is 0 Å². The number of nitrogens with two attached hydrogens (primary N) is 1. The van der Waals surface area contributed by atoms with Gasteiger partial charge in [0.1, 0.15) is 0 Å². The monoisotopic (exact) mass is 314 g/mol. The molecule has 0 spiro atoms. The molecule has 1 amide bonds. The van der Waals surface area contributed by atoms with Gasteiger partial charge in [-0.15, -0.1) is 0 Å². The zero-order chi connectivity index (χ0) is 16.1. The highest BCUT2D eigenvalue weighted by Crippen LogP contribution is 2.25. The van der Waals surface area contributed by atoms with Gasteiger partial charge in [-0.25, -0.2) is 13.1 Å². The summed E-state index contributed by atoms with van der Waals surface area (Å²) in [6.07, 6.45) is 1.34. The molecule has 6 nitrogen and oxygen atoms in total. The summed E-state index contributed by atoms with van der Waals surface area (Å²) in [5, 5.41) is 9.46. The second-order valence-corrected chi connectivity index (χ2v) is 6.85. The van der Waals surface area contributed by atoms with Crippen LogP contribution < -0.4 is 10.5 Å². The van der Waals surface area contributed by atoms with E-state index < -0.39 is 21.3 Å². The van der Waals surface area contributed by atoms with Crippen molar-refractivity contribution in [2.75, 3.05) is 13.2 Å². The van der Waals surface area contributed by atoms with Crippen LogP contribution in [-0.4, -0.2) is 32.6 Å². The van der Waals surface area contributed by atoms with Gasteiger partial charge < -0.3 is 10.8 Å². The minimum Gasteiger partial charge on any atom is -0.396 e. The van der Waals surface area contributed by atoms with Gasteiger partial charge in [0.2, 0.25) is 15.9 Å². The van der Waals surface area contributed by atoms with Crippen molar-refractivity contribution in [1.82, 2.24) is 4.72 Å². The molecule has 0 saturated heterocycles. The summed E-state index contributed by atoms with van der Waals surface area (Å²) in [5.74, 6) is -0.608. The van der Waals surface area contributed by atoms with Crippen molar-refractivity contribution in [3.05, 3.63) is 29.8 Å². The highest BCUT2D eigenvalue weighted by Gasteiger charge is 2.27. The molecule has 118 valence electrons. The van der Waals surface area contributed by atoms with Gasteiger partial charge >= 0.3 is 0 Å². The zero-order valence-electron chi connectivity index (χ0n) is 12.3. The van der Waals surface area contributed by atoms with Crippen LogP contribution in [0, 0.1) is 5.41 Å². The van der Waals surface area contributed by atoms with Gasteiger partial charge in [0.25, 0.3) is 0 Å². The molecule has 0 radical (unpaired) electrons. The van der Waals surface area contributed by atoms with Crippen molar-refractivity contribution < 1.29 is 18.3 Å². The number of carbonyl (C=O) groups excluding carboxylic acids is 1. The smallest absolute Gasteiger partial charge is 0.248 e. The zero-order valence-corrected chi connectivity index (χ0v) is 13.1. The molecule has 0 bridgehead atoms. The first-order valence-corrected chi connectivity index (χ1v) is 8.29. The second-order valence-electron chi connectivity index (χ2n) is 5.08. The largest absolute Gasteiger partial charge is 0.396 e.